The third-order valence-corrected chi connectivity index (χ3v) is 4.14. The smallest absolute Gasteiger partial charge is 0.294 e. The van der Waals surface area contributed by atoms with Crippen LogP contribution in [-0.2, 0) is 0 Å². The molecule has 1 amide bonds. The molecule has 2 aromatic rings. The number of benzene rings is 1. The van der Waals surface area contributed by atoms with Crippen molar-refractivity contribution in [2.75, 3.05) is 39.3 Å². The topological polar surface area (TPSA) is 105 Å². The number of carbonyl (C=O) groups is 1. The Balaban J connectivity index is 0.00000182. The monoisotopic (exact) mass is 416 g/mol. The molecule has 1 aliphatic rings. The molecule has 11 heteroatoms. The van der Waals surface area contributed by atoms with Crippen molar-refractivity contribution in [3.05, 3.63) is 52.6 Å². The Morgan fingerprint density at radius 2 is 2.04 bits per heavy atom. The molecular formula is C16H22Cl2N6O3. The highest BCUT2D eigenvalue weighted by Crippen LogP contribution is 2.24. The summed E-state index contributed by atoms with van der Waals surface area (Å²) in [5, 5.41) is 17.4. The van der Waals surface area contributed by atoms with E-state index in [-0.39, 0.29) is 42.0 Å². The van der Waals surface area contributed by atoms with Crippen molar-refractivity contribution in [3.63, 3.8) is 0 Å². The molecule has 148 valence electrons. The molecule has 1 aromatic carbocycles. The van der Waals surface area contributed by atoms with Crippen LogP contribution in [0.2, 0.25) is 0 Å². The molecule has 1 fully saturated rings. The van der Waals surface area contributed by atoms with Crippen molar-refractivity contribution >= 4 is 36.4 Å². The van der Waals surface area contributed by atoms with Gasteiger partial charge in [0.15, 0.2) is 0 Å². The van der Waals surface area contributed by atoms with Gasteiger partial charge in [0.05, 0.1) is 11.3 Å². The Hall–Kier alpha value is -2.20. The molecule has 0 bridgehead atoms. The van der Waals surface area contributed by atoms with Crippen LogP contribution in [0.4, 0.5) is 5.69 Å². The molecule has 1 aliphatic heterocycles. The fourth-order valence-electron chi connectivity index (χ4n) is 2.80. The molecule has 0 atom stereocenters. The van der Waals surface area contributed by atoms with Crippen molar-refractivity contribution in [1.29, 1.82) is 0 Å². The van der Waals surface area contributed by atoms with Crippen LogP contribution in [0, 0.1) is 10.1 Å². The summed E-state index contributed by atoms with van der Waals surface area (Å²) in [7, 11) is 0. The van der Waals surface area contributed by atoms with Gasteiger partial charge in [-0.3, -0.25) is 19.8 Å². The van der Waals surface area contributed by atoms with Crippen molar-refractivity contribution in [3.8, 4) is 5.69 Å². The first-order valence-corrected chi connectivity index (χ1v) is 8.13. The van der Waals surface area contributed by atoms with Crippen LogP contribution in [0.5, 0.6) is 0 Å². The van der Waals surface area contributed by atoms with E-state index in [4.69, 9.17) is 0 Å². The minimum absolute atomic E-state index is 0. The molecule has 2 heterocycles. The van der Waals surface area contributed by atoms with E-state index in [0.29, 0.717) is 12.2 Å². The average molecular weight is 417 g/mol. The number of nitrogens with one attached hydrogen (secondary N) is 2. The van der Waals surface area contributed by atoms with Crippen LogP contribution in [0.25, 0.3) is 5.69 Å². The van der Waals surface area contributed by atoms with Gasteiger partial charge in [-0.1, -0.05) is 0 Å². The van der Waals surface area contributed by atoms with Crippen molar-refractivity contribution in [1.82, 2.24) is 25.1 Å². The lowest BCUT2D eigenvalue weighted by Gasteiger charge is -2.27. The number of hydrogen-bond donors (Lipinski definition) is 2. The summed E-state index contributed by atoms with van der Waals surface area (Å²) in [6, 6.07) is 4.45. The number of hydrogen-bond acceptors (Lipinski definition) is 6. The highest BCUT2D eigenvalue weighted by atomic mass is 35.5. The molecule has 27 heavy (non-hydrogen) atoms. The van der Waals surface area contributed by atoms with Crippen LogP contribution < -0.4 is 10.6 Å². The first-order valence-electron chi connectivity index (χ1n) is 8.13. The molecule has 0 spiro atoms. The molecule has 0 saturated carbocycles. The number of halogens is 2. The minimum Gasteiger partial charge on any atom is -0.351 e. The Bertz CT molecular complexity index is 751. The van der Waals surface area contributed by atoms with E-state index in [9.17, 15) is 14.9 Å². The number of rotatable bonds is 6. The van der Waals surface area contributed by atoms with Gasteiger partial charge in [0.25, 0.3) is 11.6 Å². The highest BCUT2D eigenvalue weighted by molar-refractivity contribution is 5.95. The predicted octanol–water partition coefficient (Wildman–Crippen LogP) is 1.26. The Morgan fingerprint density at radius 1 is 1.30 bits per heavy atom. The fraction of sp³-hybridized carbons (Fsp3) is 0.375. The standard InChI is InChI=1S/C16H20N6O3.2ClH/c23-16(19-6-9-20-7-3-17-4-8-20)13-1-2-14(15(11-13)22(24)25)21-10-5-18-12-21;;/h1-2,5,10-12,17H,3-4,6-9H2,(H,19,23);2*1H. The largest absolute Gasteiger partial charge is 0.351 e. The van der Waals surface area contributed by atoms with Crippen LogP contribution in [0.15, 0.2) is 36.9 Å². The Labute approximate surface area is 169 Å². The van der Waals surface area contributed by atoms with Gasteiger partial charge in [-0.15, -0.1) is 24.8 Å². The normalized spacial score (nSPS) is 13.9. The van der Waals surface area contributed by atoms with E-state index in [1.807, 2.05) is 0 Å². The molecule has 0 unspecified atom stereocenters. The molecule has 1 aromatic heterocycles. The molecule has 1 saturated heterocycles. The maximum Gasteiger partial charge on any atom is 0.294 e. The van der Waals surface area contributed by atoms with Crippen LogP contribution in [-0.4, -0.2) is 64.6 Å². The zero-order valence-electron chi connectivity index (χ0n) is 14.5. The summed E-state index contributed by atoms with van der Waals surface area (Å²) in [5.74, 6) is -0.310. The minimum atomic E-state index is -0.493. The lowest BCUT2D eigenvalue weighted by Crippen LogP contribution is -2.46. The van der Waals surface area contributed by atoms with E-state index in [2.05, 4.69) is 20.5 Å². The van der Waals surface area contributed by atoms with Gasteiger partial charge in [0, 0.05) is 63.3 Å². The van der Waals surface area contributed by atoms with Crippen molar-refractivity contribution in [2.45, 2.75) is 0 Å². The second-order valence-electron chi connectivity index (χ2n) is 5.78. The van der Waals surface area contributed by atoms with Gasteiger partial charge in [0.1, 0.15) is 5.69 Å². The maximum absolute atomic E-state index is 12.3. The number of piperazine rings is 1. The molecule has 2 N–H and O–H groups in total. The maximum atomic E-state index is 12.3. The average Bonchev–Trinajstić information content (AvgIpc) is 3.16. The van der Waals surface area contributed by atoms with Gasteiger partial charge in [0.2, 0.25) is 0 Å². The van der Waals surface area contributed by atoms with E-state index in [1.54, 1.807) is 29.1 Å². The molecule has 3 rings (SSSR count). The lowest BCUT2D eigenvalue weighted by molar-refractivity contribution is -0.384. The van der Waals surface area contributed by atoms with Crippen LogP contribution in [0.3, 0.4) is 0 Å². The molecular weight excluding hydrogens is 395 g/mol. The summed E-state index contributed by atoms with van der Waals surface area (Å²) in [6.45, 7) is 5.10. The van der Waals surface area contributed by atoms with E-state index >= 15 is 0 Å². The third kappa shape index (κ3) is 5.90. The van der Waals surface area contributed by atoms with E-state index in [1.165, 1.54) is 12.4 Å². The zero-order valence-corrected chi connectivity index (χ0v) is 16.2. The number of nitrogens with zero attached hydrogens (tertiary/aromatic N) is 4. The van der Waals surface area contributed by atoms with Gasteiger partial charge < -0.3 is 15.2 Å². The number of imidazole rings is 1. The summed E-state index contributed by atoms with van der Waals surface area (Å²) >= 11 is 0. The van der Waals surface area contributed by atoms with E-state index in [0.717, 1.165) is 32.7 Å². The van der Waals surface area contributed by atoms with Crippen LogP contribution >= 0.6 is 24.8 Å². The van der Waals surface area contributed by atoms with Crippen molar-refractivity contribution in [2.24, 2.45) is 0 Å². The zero-order chi connectivity index (χ0) is 17.6. The summed E-state index contributed by atoms with van der Waals surface area (Å²) < 4.78 is 1.55. The molecule has 0 aliphatic carbocycles. The fourth-order valence-corrected chi connectivity index (χ4v) is 2.80. The van der Waals surface area contributed by atoms with Gasteiger partial charge >= 0.3 is 0 Å². The quantitative estimate of drug-likeness (QED) is 0.542. The SMILES string of the molecule is Cl.Cl.O=C(NCCN1CCNCC1)c1ccc(-n2ccnc2)c([N+](=O)[O-])c1. The van der Waals surface area contributed by atoms with Gasteiger partial charge in [-0.05, 0) is 12.1 Å². The number of aromatic nitrogens is 2. The van der Waals surface area contributed by atoms with Crippen molar-refractivity contribution < 1.29 is 9.72 Å². The van der Waals surface area contributed by atoms with Gasteiger partial charge in [-0.25, -0.2) is 4.98 Å². The van der Waals surface area contributed by atoms with E-state index < -0.39 is 4.92 Å². The Kier molecular flexibility index (Phi) is 9.16. The summed E-state index contributed by atoms with van der Waals surface area (Å²) in [6.07, 6.45) is 4.64. The van der Waals surface area contributed by atoms with Crippen LogP contribution in [0.1, 0.15) is 10.4 Å². The summed E-state index contributed by atoms with van der Waals surface area (Å²) in [5.41, 5.74) is 0.517. The first-order chi connectivity index (χ1) is 12.1. The number of nitro groups is 1. The second kappa shape index (κ2) is 10.8. The number of carbonyl (C=O) groups excluding carboxylic acids is 1. The second-order valence-corrected chi connectivity index (χ2v) is 5.78. The lowest BCUT2D eigenvalue weighted by atomic mass is 10.1. The third-order valence-electron chi connectivity index (χ3n) is 4.14. The number of amides is 1. The molecule has 0 radical (unpaired) electrons. The Morgan fingerprint density at radius 3 is 2.67 bits per heavy atom. The summed E-state index contributed by atoms with van der Waals surface area (Å²) in [4.78, 5) is 29.3. The first kappa shape index (κ1) is 22.8. The van der Waals surface area contributed by atoms with Gasteiger partial charge in [-0.2, -0.15) is 0 Å². The molecule has 9 nitrogen and oxygen atoms in total. The number of nitro benzene ring substituents is 1. The predicted molar refractivity (Wildman–Crippen MR) is 106 cm³/mol. The highest BCUT2D eigenvalue weighted by Gasteiger charge is 2.19.